The lowest BCUT2D eigenvalue weighted by molar-refractivity contribution is 0.386. The van der Waals surface area contributed by atoms with E-state index in [1.807, 2.05) is 35.7 Å². The molecule has 0 radical (unpaired) electrons. The summed E-state index contributed by atoms with van der Waals surface area (Å²) in [5, 5.41) is 6.93. The summed E-state index contributed by atoms with van der Waals surface area (Å²) in [7, 11) is 1.44. The molecule has 0 aliphatic rings. The number of anilines is 1. The van der Waals surface area contributed by atoms with E-state index in [0.717, 1.165) is 11.3 Å². The molecule has 0 aliphatic heterocycles. The van der Waals surface area contributed by atoms with Crippen molar-refractivity contribution in [2.45, 2.75) is 6.92 Å². The molecule has 6 heteroatoms. The summed E-state index contributed by atoms with van der Waals surface area (Å²) >= 11 is 1.47. The van der Waals surface area contributed by atoms with Crippen LogP contribution in [0.4, 0.5) is 9.52 Å². The Bertz CT molecular complexity index is 862. The maximum atomic E-state index is 13.8. The SMILES string of the molecule is COc1ccc(/C(C)=N\Nc2nc(-c3ccccc3)cs2)cc1F. The summed E-state index contributed by atoms with van der Waals surface area (Å²) in [6, 6.07) is 14.7. The number of nitrogens with one attached hydrogen (secondary N) is 1. The Morgan fingerprint density at radius 1 is 1.21 bits per heavy atom. The van der Waals surface area contributed by atoms with E-state index in [4.69, 9.17) is 4.74 Å². The smallest absolute Gasteiger partial charge is 0.203 e. The lowest BCUT2D eigenvalue weighted by Gasteiger charge is -2.05. The number of hydrogen-bond acceptors (Lipinski definition) is 5. The number of nitrogens with zero attached hydrogens (tertiary/aromatic N) is 2. The third kappa shape index (κ3) is 3.60. The van der Waals surface area contributed by atoms with Gasteiger partial charge in [0.25, 0.3) is 0 Å². The fourth-order valence-corrected chi connectivity index (χ4v) is 2.82. The van der Waals surface area contributed by atoms with Crippen molar-refractivity contribution >= 4 is 22.2 Å². The van der Waals surface area contributed by atoms with Crippen molar-refractivity contribution in [1.82, 2.24) is 4.98 Å². The minimum Gasteiger partial charge on any atom is -0.494 e. The Hall–Kier alpha value is -2.73. The summed E-state index contributed by atoms with van der Waals surface area (Å²) in [4.78, 5) is 4.50. The van der Waals surface area contributed by atoms with Gasteiger partial charge in [0.15, 0.2) is 11.6 Å². The van der Waals surface area contributed by atoms with Crippen LogP contribution in [0.3, 0.4) is 0 Å². The first kappa shape index (κ1) is 16.1. The zero-order valence-corrected chi connectivity index (χ0v) is 14.1. The number of hydrazone groups is 1. The second kappa shape index (κ2) is 7.23. The van der Waals surface area contributed by atoms with Gasteiger partial charge in [-0.25, -0.2) is 9.37 Å². The number of methoxy groups -OCH3 is 1. The monoisotopic (exact) mass is 341 g/mol. The predicted molar refractivity (Wildman–Crippen MR) is 96.3 cm³/mol. The van der Waals surface area contributed by atoms with Crippen molar-refractivity contribution in [3.63, 3.8) is 0 Å². The van der Waals surface area contributed by atoms with Crippen molar-refractivity contribution in [3.8, 4) is 17.0 Å². The minimum atomic E-state index is -0.412. The largest absolute Gasteiger partial charge is 0.494 e. The Morgan fingerprint density at radius 2 is 2.00 bits per heavy atom. The van der Waals surface area contributed by atoms with Gasteiger partial charge in [0, 0.05) is 16.5 Å². The molecule has 0 unspecified atom stereocenters. The van der Waals surface area contributed by atoms with E-state index in [9.17, 15) is 4.39 Å². The third-order valence-corrected chi connectivity index (χ3v) is 4.21. The fraction of sp³-hybridized carbons (Fsp3) is 0.111. The van der Waals surface area contributed by atoms with Crippen LogP contribution in [0.15, 0.2) is 59.0 Å². The number of benzene rings is 2. The van der Waals surface area contributed by atoms with Gasteiger partial charge in [-0.3, -0.25) is 5.43 Å². The van der Waals surface area contributed by atoms with Crippen LogP contribution in [0.2, 0.25) is 0 Å². The standard InChI is InChI=1S/C18H16FN3OS/c1-12(14-8-9-17(23-2)15(19)10-14)21-22-18-20-16(11-24-18)13-6-4-3-5-7-13/h3-11H,1-2H3,(H,20,22)/b21-12-. The normalized spacial score (nSPS) is 11.4. The van der Waals surface area contributed by atoms with E-state index in [0.29, 0.717) is 16.4 Å². The van der Waals surface area contributed by atoms with E-state index in [2.05, 4.69) is 15.5 Å². The highest BCUT2D eigenvalue weighted by molar-refractivity contribution is 7.14. The van der Waals surface area contributed by atoms with E-state index in [-0.39, 0.29) is 5.75 Å². The van der Waals surface area contributed by atoms with Gasteiger partial charge in [-0.1, -0.05) is 30.3 Å². The molecular weight excluding hydrogens is 325 g/mol. The van der Waals surface area contributed by atoms with Crippen LogP contribution in [-0.2, 0) is 0 Å². The Kier molecular flexibility index (Phi) is 4.86. The molecule has 2 aromatic carbocycles. The molecule has 0 bridgehead atoms. The molecule has 122 valence electrons. The predicted octanol–water partition coefficient (Wildman–Crippen LogP) is 4.79. The van der Waals surface area contributed by atoms with Crippen molar-refractivity contribution < 1.29 is 9.13 Å². The number of hydrogen-bond donors (Lipinski definition) is 1. The van der Waals surface area contributed by atoms with Gasteiger partial charge in [-0.2, -0.15) is 5.10 Å². The average Bonchev–Trinajstić information content (AvgIpc) is 3.09. The quantitative estimate of drug-likeness (QED) is 0.536. The molecule has 1 heterocycles. The van der Waals surface area contributed by atoms with Crippen molar-refractivity contribution in [2.75, 3.05) is 12.5 Å². The molecule has 1 aromatic heterocycles. The summed E-state index contributed by atoms with van der Waals surface area (Å²) in [6.45, 7) is 1.81. The topological polar surface area (TPSA) is 46.5 Å². The first-order valence-corrected chi connectivity index (χ1v) is 8.20. The van der Waals surface area contributed by atoms with Crippen molar-refractivity contribution in [2.24, 2.45) is 5.10 Å². The minimum absolute atomic E-state index is 0.215. The second-order valence-corrected chi connectivity index (χ2v) is 5.92. The Morgan fingerprint density at radius 3 is 2.71 bits per heavy atom. The van der Waals surface area contributed by atoms with Gasteiger partial charge in [0.1, 0.15) is 0 Å². The number of thiazole rings is 1. The highest BCUT2D eigenvalue weighted by atomic mass is 32.1. The first-order chi connectivity index (χ1) is 11.7. The molecule has 0 spiro atoms. The fourth-order valence-electron chi connectivity index (χ4n) is 2.15. The molecule has 0 atom stereocenters. The average molecular weight is 341 g/mol. The summed E-state index contributed by atoms with van der Waals surface area (Å²) in [5.74, 6) is -0.197. The van der Waals surface area contributed by atoms with E-state index in [1.54, 1.807) is 19.1 Å². The molecule has 0 amide bonds. The molecule has 4 nitrogen and oxygen atoms in total. The molecule has 3 rings (SSSR count). The molecule has 0 saturated carbocycles. The van der Waals surface area contributed by atoms with Crippen molar-refractivity contribution in [1.29, 1.82) is 0 Å². The molecule has 0 fully saturated rings. The number of halogens is 1. The van der Waals surface area contributed by atoms with Gasteiger partial charge in [-0.05, 0) is 25.1 Å². The zero-order valence-electron chi connectivity index (χ0n) is 13.3. The lowest BCUT2D eigenvalue weighted by atomic mass is 10.1. The van der Waals surface area contributed by atoms with Crippen LogP contribution in [0.5, 0.6) is 5.75 Å². The first-order valence-electron chi connectivity index (χ1n) is 7.32. The maximum absolute atomic E-state index is 13.8. The van der Waals surface area contributed by atoms with Gasteiger partial charge in [0.2, 0.25) is 5.13 Å². The Balaban J connectivity index is 1.74. The van der Waals surface area contributed by atoms with Gasteiger partial charge in [0.05, 0.1) is 18.5 Å². The van der Waals surface area contributed by atoms with Crippen LogP contribution in [0.1, 0.15) is 12.5 Å². The van der Waals surface area contributed by atoms with E-state index < -0.39 is 5.82 Å². The summed E-state index contributed by atoms with van der Waals surface area (Å²) < 4.78 is 18.7. The summed E-state index contributed by atoms with van der Waals surface area (Å²) in [6.07, 6.45) is 0. The van der Waals surface area contributed by atoms with Gasteiger partial charge in [-0.15, -0.1) is 11.3 Å². The van der Waals surface area contributed by atoms with E-state index >= 15 is 0 Å². The number of ether oxygens (including phenoxy) is 1. The summed E-state index contributed by atoms with van der Waals surface area (Å²) in [5.41, 5.74) is 6.21. The molecule has 0 aliphatic carbocycles. The molecule has 1 N–H and O–H groups in total. The van der Waals surface area contributed by atoms with Crippen molar-refractivity contribution in [3.05, 3.63) is 65.3 Å². The number of aromatic nitrogens is 1. The molecule has 0 saturated heterocycles. The molecule has 24 heavy (non-hydrogen) atoms. The zero-order chi connectivity index (χ0) is 16.9. The maximum Gasteiger partial charge on any atom is 0.203 e. The van der Waals surface area contributed by atoms with Crippen LogP contribution in [0.25, 0.3) is 11.3 Å². The van der Waals surface area contributed by atoms with E-state index in [1.165, 1.54) is 24.5 Å². The van der Waals surface area contributed by atoms with Crippen LogP contribution in [0, 0.1) is 5.82 Å². The van der Waals surface area contributed by atoms with Crippen LogP contribution in [-0.4, -0.2) is 17.8 Å². The van der Waals surface area contributed by atoms with Gasteiger partial charge >= 0.3 is 0 Å². The van der Waals surface area contributed by atoms with Crippen LogP contribution >= 0.6 is 11.3 Å². The number of rotatable bonds is 5. The Labute approximate surface area is 143 Å². The molecular formula is C18H16FN3OS. The molecule has 3 aromatic rings. The van der Waals surface area contributed by atoms with Gasteiger partial charge < -0.3 is 4.74 Å². The van der Waals surface area contributed by atoms with Crippen LogP contribution < -0.4 is 10.2 Å². The second-order valence-electron chi connectivity index (χ2n) is 5.06. The lowest BCUT2D eigenvalue weighted by Crippen LogP contribution is -2.01. The highest BCUT2D eigenvalue weighted by Crippen LogP contribution is 2.24. The third-order valence-electron chi connectivity index (χ3n) is 3.46. The highest BCUT2D eigenvalue weighted by Gasteiger charge is 2.07.